The van der Waals surface area contributed by atoms with Crippen molar-refractivity contribution in [2.45, 2.75) is 17.7 Å². The van der Waals surface area contributed by atoms with E-state index in [4.69, 9.17) is 10.5 Å². The predicted octanol–water partition coefficient (Wildman–Crippen LogP) is 2.34. The van der Waals surface area contributed by atoms with E-state index < -0.39 is 10.9 Å². The van der Waals surface area contributed by atoms with Gasteiger partial charge in [0.15, 0.2) is 0 Å². The minimum absolute atomic E-state index is 0.471. The minimum atomic E-state index is -0.471. The second-order valence-corrected chi connectivity index (χ2v) is 6.70. The van der Waals surface area contributed by atoms with E-state index in [0.29, 0.717) is 11.3 Å². The van der Waals surface area contributed by atoms with Crippen molar-refractivity contribution in [3.8, 4) is 6.07 Å². The normalized spacial score (nSPS) is 20.0. The molecule has 0 saturated heterocycles. The molecule has 19 heavy (non-hydrogen) atoms. The van der Waals surface area contributed by atoms with Crippen molar-refractivity contribution in [3.05, 3.63) is 23.8 Å². The Morgan fingerprint density at radius 1 is 1.53 bits per heavy atom. The fraction of sp³-hybridized carbons (Fsp3) is 0.429. The molecule has 1 atom stereocenters. The number of anilines is 1. The number of methoxy groups -OCH3 is 1. The van der Waals surface area contributed by atoms with Gasteiger partial charge in [-0.15, -0.1) is 0 Å². The topological polar surface area (TPSA) is 71.4 Å². The largest absolute Gasteiger partial charge is 0.398 e. The van der Waals surface area contributed by atoms with Crippen LogP contribution in [0.5, 0.6) is 0 Å². The molecule has 5 heteroatoms. The lowest BCUT2D eigenvalue weighted by molar-refractivity contribution is 0.197. The minimum Gasteiger partial charge on any atom is -0.398 e. The smallest absolute Gasteiger partial charge is 0.102 e. The summed E-state index contributed by atoms with van der Waals surface area (Å²) >= 11 is 0. The van der Waals surface area contributed by atoms with Crippen LogP contribution in [0.1, 0.15) is 18.4 Å². The molecule has 0 radical (unpaired) electrons. The maximum atomic E-state index is 9.28. The number of nitriles is 1. The average molecular weight is 277 g/mol. The van der Waals surface area contributed by atoms with E-state index in [1.807, 2.05) is 12.1 Å². The van der Waals surface area contributed by atoms with Crippen molar-refractivity contribution >= 4 is 21.6 Å². The molecule has 1 aliphatic heterocycles. The number of ether oxygens (including phenoxy) is 1. The van der Waals surface area contributed by atoms with Gasteiger partial charge in [0.05, 0.1) is 16.3 Å². The van der Waals surface area contributed by atoms with Gasteiger partial charge in [0.2, 0.25) is 0 Å². The maximum Gasteiger partial charge on any atom is 0.102 e. The SMILES string of the molecule is COCCCC1=NCC[SH]1c1cccc(N)c1C#N. The fourth-order valence-corrected chi connectivity index (χ4v) is 4.74. The van der Waals surface area contributed by atoms with Crippen molar-refractivity contribution in [2.24, 2.45) is 4.99 Å². The van der Waals surface area contributed by atoms with Crippen LogP contribution in [-0.2, 0) is 4.74 Å². The molecule has 1 unspecified atom stereocenters. The summed E-state index contributed by atoms with van der Waals surface area (Å²) in [6.45, 7) is 1.62. The monoisotopic (exact) mass is 277 g/mol. The number of benzene rings is 1. The van der Waals surface area contributed by atoms with Gasteiger partial charge < -0.3 is 10.5 Å². The molecule has 2 N–H and O–H groups in total. The molecule has 1 aromatic rings. The van der Waals surface area contributed by atoms with Crippen molar-refractivity contribution in [2.75, 3.05) is 31.7 Å². The highest BCUT2D eigenvalue weighted by Crippen LogP contribution is 2.45. The van der Waals surface area contributed by atoms with Gasteiger partial charge in [-0.05, 0) is 25.0 Å². The van der Waals surface area contributed by atoms with E-state index in [2.05, 4.69) is 11.1 Å². The van der Waals surface area contributed by atoms with E-state index in [9.17, 15) is 5.26 Å². The molecule has 1 aromatic carbocycles. The molecule has 4 nitrogen and oxygen atoms in total. The number of hydrogen-bond donors (Lipinski definition) is 2. The van der Waals surface area contributed by atoms with Crippen LogP contribution >= 0.6 is 10.9 Å². The number of nitrogen functional groups attached to an aromatic ring is 1. The molecule has 0 amide bonds. The second-order valence-electron chi connectivity index (χ2n) is 4.40. The van der Waals surface area contributed by atoms with Gasteiger partial charge in [0.25, 0.3) is 0 Å². The fourth-order valence-electron chi connectivity index (χ4n) is 2.25. The van der Waals surface area contributed by atoms with Crippen molar-refractivity contribution in [3.63, 3.8) is 0 Å². The Labute approximate surface area is 116 Å². The Morgan fingerprint density at radius 2 is 2.37 bits per heavy atom. The Morgan fingerprint density at radius 3 is 3.11 bits per heavy atom. The van der Waals surface area contributed by atoms with E-state index in [0.717, 1.165) is 36.6 Å². The third-order valence-electron chi connectivity index (χ3n) is 3.16. The molecule has 1 aliphatic rings. The van der Waals surface area contributed by atoms with Gasteiger partial charge in [0, 0.05) is 30.9 Å². The van der Waals surface area contributed by atoms with Crippen molar-refractivity contribution in [1.29, 1.82) is 5.26 Å². The van der Waals surface area contributed by atoms with Crippen molar-refractivity contribution in [1.82, 2.24) is 0 Å². The third-order valence-corrected chi connectivity index (χ3v) is 5.75. The summed E-state index contributed by atoms with van der Waals surface area (Å²) in [6.07, 6.45) is 1.94. The third kappa shape index (κ3) is 3.09. The first-order valence-corrected chi connectivity index (χ1v) is 7.89. The number of nitrogens with zero attached hydrogens (tertiary/aromatic N) is 2. The van der Waals surface area contributed by atoms with Gasteiger partial charge in [-0.2, -0.15) is 16.2 Å². The van der Waals surface area contributed by atoms with Crippen LogP contribution in [0.15, 0.2) is 28.1 Å². The molecule has 2 rings (SSSR count). The summed E-state index contributed by atoms with van der Waals surface area (Å²) in [5.74, 6) is 1.04. The van der Waals surface area contributed by atoms with E-state index in [1.165, 1.54) is 5.04 Å². The Hall–Kier alpha value is -1.51. The number of hydrogen-bond acceptors (Lipinski definition) is 4. The van der Waals surface area contributed by atoms with Crippen LogP contribution in [-0.4, -0.2) is 31.1 Å². The predicted molar refractivity (Wildman–Crippen MR) is 81.1 cm³/mol. The summed E-state index contributed by atoms with van der Waals surface area (Å²) in [7, 11) is 1.24. The van der Waals surface area contributed by atoms with E-state index in [-0.39, 0.29) is 0 Å². The molecule has 102 valence electrons. The molecular formula is C14H19N3OS. The van der Waals surface area contributed by atoms with Gasteiger partial charge in [-0.3, -0.25) is 4.99 Å². The molecule has 0 fully saturated rings. The molecule has 0 bridgehead atoms. The molecule has 0 aromatic heterocycles. The lowest BCUT2D eigenvalue weighted by atomic mass is 10.2. The Balaban J connectivity index is 2.20. The quantitative estimate of drug-likeness (QED) is 0.493. The number of aliphatic imine (C=N–C) groups is 1. The molecule has 0 aliphatic carbocycles. The van der Waals surface area contributed by atoms with Gasteiger partial charge in [-0.25, -0.2) is 0 Å². The first-order valence-electron chi connectivity index (χ1n) is 6.36. The lowest BCUT2D eigenvalue weighted by Gasteiger charge is -2.20. The standard InChI is InChI=1S/C14H19N3OS/c1-18-8-3-6-14-17-7-9-19(14)13-5-2-4-12(16)11(13)10-15/h2,4-5,19H,3,6-9,16H2,1H3. The number of nitrogens with two attached hydrogens (primary N) is 1. The zero-order chi connectivity index (χ0) is 13.7. The highest BCUT2D eigenvalue weighted by atomic mass is 32.2. The first kappa shape index (κ1) is 13.9. The molecule has 1 heterocycles. The summed E-state index contributed by atoms with van der Waals surface area (Å²) in [5.41, 5.74) is 7.10. The van der Waals surface area contributed by atoms with Crippen LogP contribution < -0.4 is 5.73 Å². The molecule has 0 spiro atoms. The van der Waals surface area contributed by atoms with Crippen LogP contribution in [0.25, 0.3) is 0 Å². The summed E-state index contributed by atoms with van der Waals surface area (Å²) in [4.78, 5) is 5.70. The van der Waals surface area contributed by atoms with Crippen LogP contribution in [0, 0.1) is 11.3 Å². The zero-order valence-electron chi connectivity index (χ0n) is 11.1. The Bertz CT molecular complexity index is 522. The average Bonchev–Trinajstić information content (AvgIpc) is 2.87. The lowest BCUT2D eigenvalue weighted by Crippen LogP contribution is -2.03. The van der Waals surface area contributed by atoms with Crippen molar-refractivity contribution < 1.29 is 4.74 Å². The number of thiol groups is 1. The van der Waals surface area contributed by atoms with Crippen LogP contribution in [0.2, 0.25) is 0 Å². The molecule has 0 saturated carbocycles. The summed E-state index contributed by atoms with van der Waals surface area (Å²) < 4.78 is 5.09. The maximum absolute atomic E-state index is 9.28. The van der Waals surface area contributed by atoms with Gasteiger partial charge in [0.1, 0.15) is 6.07 Å². The van der Waals surface area contributed by atoms with Gasteiger partial charge in [-0.1, -0.05) is 6.07 Å². The first-order chi connectivity index (χ1) is 9.27. The van der Waals surface area contributed by atoms with Crippen LogP contribution in [0.3, 0.4) is 0 Å². The second kappa shape index (κ2) is 6.60. The highest BCUT2D eigenvalue weighted by molar-refractivity contribution is 8.30. The highest BCUT2D eigenvalue weighted by Gasteiger charge is 2.22. The van der Waals surface area contributed by atoms with E-state index >= 15 is 0 Å². The van der Waals surface area contributed by atoms with Gasteiger partial charge >= 0.3 is 0 Å². The van der Waals surface area contributed by atoms with Crippen LogP contribution in [0.4, 0.5) is 5.69 Å². The molecular weight excluding hydrogens is 258 g/mol. The zero-order valence-corrected chi connectivity index (χ0v) is 12.0. The van der Waals surface area contributed by atoms with E-state index in [1.54, 1.807) is 13.2 Å². The number of rotatable bonds is 5. The Kier molecular flexibility index (Phi) is 4.83. The summed E-state index contributed by atoms with van der Waals surface area (Å²) in [5, 5.41) is 10.5. The summed E-state index contributed by atoms with van der Waals surface area (Å²) in [6, 6.07) is 7.98.